The van der Waals surface area contributed by atoms with E-state index >= 15 is 0 Å². The first-order valence-corrected chi connectivity index (χ1v) is 8.24. The Kier molecular flexibility index (Phi) is 6.30. The summed E-state index contributed by atoms with van der Waals surface area (Å²) in [6, 6.07) is 0.929. The number of sulfonamides is 1. The summed E-state index contributed by atoms with van der Waals surface area (Å²) in [5.74, 6) is 0. The summed E-state index contributed by atoms with van der Waals surface area (Å²) >= 11 is 6.24. The first kappa shape index (κ1) is 17.3. The predicted molar refractivity (Wildman–Crippen MR) is 75.7 cm³/mol. The molecule has 1 aromatic heterocycles. The Morgan fingerprint density at radius 3 is 2.70 bits per heavy atom. The number of thiophene rings is 1. The normalized spacial score (nSPS) is 13.3. The van der Waals surface area contributed by atoms with E-state index in [0.29, 0.717) is 24.4 Å². The standard InChI is InChI=1S/C9H14ClN3O5S2/c1-6(14)5-11-2-3-12-20(17,18)8-4-7(13(15)16)9(10)19-8/h4,6,11-12,14H,2-3,5H2,1H3. The first-order chi connectivity index (χ1) is 9.24. The van der Waals surface area contributed by atoms with Crippen LogP contribution in [0.25, 0.3) is 0 Å². The molecule has 0 fully saturated rings. The molecular formula is C9H14ClN3O5S2. The van der Waals surface area contributed by atoms with Crippen molar-refractivity contribution < 1.29 is 18.4 Å². The molecule has 1 rings (SSSR count). The third-order valence-corrected chi connectivity index (χ3v) is 5.41. The average molecular weight is 344 g/mol. The molecule has 0 amide bonds. The summed E-state index contributed by atoms with van der Waals surface area (Å²) < 4.78 is 25.6. The van der Waals surface area contributed by atoms with E-state index in [1.807, 2.05) is 0 Å². The van der Waals surface area contributed by atoms with E-state index in [9.17, 15) is 18.5 Å². The Bertz CT molecular complexity index is 572. The van der Waals surface area contributed by atoms with Gasteiger partial charge in [0.15, 0.2) is 4.34 Å². The highest BCUT2D eigenvalue weighted by molar-refractivity contribution is 7.91. The van der Waals surface area contributed by atoms with E-state index in [2.05, 4.69) is 10.0 Å². The fourth-order valence-corrected chi connectivity index (χ4v) is 3.99. The second kappa shape index (κ2) is 7.29. The van der Waals surface area contributed by atoms with Gasteiger partial charge in [-0.15, -0.1) is 11.3 Å². The predicted octanol–water partition coefficient (Wildman–Crippen LogP) is 0.558. The van der Waals surface area contributed by atoms with Crippen molar-refractivity contribution in [2.24, 2.45) is 0 Å². The molecule has 0 aliphatic rings. The molecule has 8 nitrogen and oxygen atoms in total. The summed E-state index contributed by atoms with van der Waals surface area (Å²) in [6.45, 7) is 2.37. The minimum atomic E-state index is -3.82. The lowest BCUT2D eigenvalue weighted by Gasteiger charge is -2.07. The monoisotopic (exact) mass is 343 g/mol. The van der Waals surface area contributed by atoms with Gasteiger partial charge < -0.3 is 10.4 Å². The molecule has 1 unspecified atom stereocenters. The van der Waals surface area contributed by atoms with Crippen LogP contribution in [0.3, 0.4) is 0 Å². The number of nitrogens with zero attached hydrogens (tertiary/aromatic N) is 1. The third kappa shape index (κ3) is 4.96. The number of halogens is 1. The van der Waals surface area contributed by atoms with Crippen LogP contribution in [-0.4, -0.2) is 44.2 Å². The van der Waals surface area contributed by atoms with Crippen LogP contribution in [0.1, 0.15) is 6.92 Å². The van der Waals surface area contributed by atoms with Gasteiger partial charge >= 0.3 is 0 Å². The molecule has 1 atom stereocenters. The van der Waals surface area contributed by atoms with E-state index in [-0.39, 0.29) is 15.1 Å². The topological polar surface area (TPSA) is 122 Å². The van der Waals surface area contributed by atoms with Gasteiger partial charge in [-0.3, -0.25) is 10.1 Å². The van der Waals surface area contributed by atoms with Crippen LogP contribution < -0.4 is 10.0 Å². The minimum absolute atomic E-state index is 0.0956. The van der Waals surface area contributed by atoms with Crippen LogP contribution in [0, 0.1) is 10.1 Å². The number of hydrogen-bond acceptors (Lipinski definition) is 7. The average Bonchev–Trinajstić information content (AvgIpc) is 2.71. The number of hydrogen-bond donors (Lipinski definition) is 3. The van der Waals surface area contributed by atoms with Gasteiger partial charge in [0.1, 0.15) is 4.21 Å². The van der Waals surface area contributed by atoms with E-state index < -0.39 is 26.7 Å². The summed E-state index contributed by atoms with van der Waals surface area (Å²) in [5.41, 5.74) is -0.427. The first-order valence-electron chi connectivity index (χ1n) is 5.56. The van der Waals surface area contributed by atoms with Crippen molar-refractivity contribution in [3.8, 4) is 0 Å². The Labute approximate surface area is 125 Å². The molecular weight excluding hydrogens is 330 g/mol. The molecule has 0 radical (unpaired) electrons. The van der Waals surface area contributed by atoms with Crippen molar-refractivity contribution in [3.05, 3.63) is 20.5 Å². The van der Waals surface area contributed by atoms with E-state index in [1.165, 1.54) is 0 Å². The van der Waals surface area contributed by atoms with Gasteiger partial charge in [-0.1, -0.05) is 11.6 Å². The zero-order chi connectivity index (χ0) is 15.3. The van der Waals surface area contributed by atoms with Gasteiger partial charge in [-0.2, -0.15) is 0 Å². The smallest absolute Gasteiger partial charge is 0.300 e. The van der Waals surface area contributed by atoms with Crippen molar-refractivity contribution in [3.63, 3.8) is 0 Å². The summed E-state index contributed by atoms with van der Waals surface area (Å²) in [6.07, 6.45) is -0.523. The van der Waals surface area contributed by atoms with Gasteiger partial charge in [-0.25, -0.2) is 13.1 Å². The Morgan fingerprint density at radius 2 is 2.20 bits per heavy atom. The fraction of sp³-hybridized carbons (Fsp3) is 0.556. The minimum Gasteiger partial charge on any atom is -0.392 e. The lowest BCUT2D eigenvalue weighted by Crippen LogP contribution is -2.34. The molecule has 114 valence electrons. The molecule has 0 saturated carbocycles. The SMILES string of the molecule is CC(O)CNCCNS(=O)(=O)c1cc([N+](=O)[O-])c(Cl)s1. The molecule has 1 heterocycles. The van der Waals surface area contributed by atoms with Gasteiger partial charge in [-0.05, 0) is 6.92 Å². The van der Waals surface area contributed by atoms with Crippen molar-refractivity contribution in [2.45, 2.75) is 17.2 Å². The molecule has 1 aromatic rings. The van der Waals surface area contributed by atoms with Gasteiger partial charge in [0.25, 0.3) is 5.69 Å². The van der Waals surface area contributed by atoms with Crippen LogP contribution >= 0.6 is 22.9 Å². The summed E-state index contributed by atoms with van der Waals surface area (Å²) in [7, 11) is -3.82. The summed E-state index contributed by atoms with van der Waals surface area (Å²) in [4.78, 5) is 9.87. The number of rotatable bonds is 8. The molecule has 0 aliphatic carbocycles. The molecule has 0 aromatic carbocycles. The van der Waals surface area contributed by atoms with E-state index in [4.69, 9.17) is 16.7 Å². The molecule has 0 bridgehead atoms. The van der Waals surface area contributed by atoms with Crippen LogP contribution in [0.2, 0.25) is 4.34 Å². The highest BCUT2D eigenvalue weighted by Gasteiger charge is 2.24. The lowest BCUT2D eigenvalue weighted by molar-refractivity contribution is -0.384. The fourth-order valence-electron chi connectivity index (χ4n) is 1.25. The molecule has 3 N–H and O–H groups in total. The zero-order valence-electron chi connectivity index (χ0n) is 10.5. The molecule has 0 saturated heterocycles. The molecule has 0 spiro atoms. The number of nitro groups is 1. The highest BCUT2D eigenvalue weighted by Crippen LogP contribution is 2.35. The van der Waals surface area contributed by atoms with Gasteiger partial charge in [0.05, 0.1) is 11.0 Å². The number of aliphatic hydroxyl groups is 1. The summed E-state index contributed by atoms with van der Waals surface area (Å²) in [5, 5.41) is 22.4. The molecule has 20 heavy (non-hydrogen) atoms. The second-order valence-corrected chi connectivity index (χ2v) is 7.58. The molecule has 0 aliphatic heterocycles. The van der Waals surface area contributed by atoms with Crippen LogP contribution in [-0.2, 0) is 10.0 Å². The lowest BCUT2D eigenvalue weighted by atomic mass is 10.4. The van der Waals surface area contributed by atoms with E-state index in [0.717, 1.165) is 6.07 Å². The van der Waals surface area contributed by atoms with Gasteiger partial charge in [0, 0.05) is 25.7 Å². The quantitative estimate of drug-likeness (QED) is 0.360. The van der Waals surface area contributed by atoms with Crippen LogP contribution in [0.5, 0.6) is 0 Å². The third-order valence-electron chi connectivity index (χ3n) is 2.14. The highest BCUT2D eigenvalue weighted by atomic mass is 35.5. The maximum Gasteiger partial charge on any atom is 0.300 e. The van der Waals surface area contributed by atoms with Crippen molar-refractivity contribution in [2.75, 3.05) is 19.6 Å². The second-order valence-electron chi connectivity index (χ2n) is 3.93. The van der Waals surface area contributed by atoms with E-state index in [1.54, 1.807) is 6.92 Å². The Morgan fingerprint density at radius 1 is 1.55 bits per heavy atom. The maximum atomic E-state index is 11.9. The maximum absolute atomic E-state index is 11.9. The molecule has 11 heteroatoms. The number of nitrogens with one attached hydrogen (secondary N) is 2. The van der Waals surface area contributed by atoms with Crippen molar-refractivity contribution in [1.29, 1.82) is 0 Å². The largest absolute Gasteiger partial charge is 0.392 e. The number of aliphatic hydroxyl groups excluding tert-OH is 1. The van der Waals surface area contributed by atoms with Crippen molar-refractivity contribution in [1.82, 2.24) is 10.0 Å². The Hall–Kier alpha value is -0.780. The van der Waals surface area contributed by atoms with Gasteiger partial charge in [0.2, 0.25) is 10.0 Å². The van der Waals surface area contributed by atoms with Crippen LogP contribution in [0.15, 0.2) is 10.3 Å². The van der Waals surface area contributed by atoms with Crippen LogP contribution in [0.4, 0.5) is 5.69 Å². The zero-order valence-corrected chi connectivity index (χ0v) is 12.9. The Balaban J connectivity index is 2.61. The van der Waals surface area contributed by atoms with Crippen molar-refractivity contribution >= 4 is 38.6 Å².